The van der Waals surface area contributed by atoms with Crippen LogP contribution in [0.25, 0.3) is 22.2 Å². The first-order chi connectivity index (χ1) is 9.72. The Bertz CT molecular complexity index is 744. The minimum absolute atomic E-state index is 0.262. The number of benzene rings is 2. The first kappa shape index (κ1) is 12.5. The molecule has 3 rings (SSSR count). The van der Waals surface area contributed by atoms with Gasteiger partial charge in [0.05, 0.1) is 0 Å². The van der Waals surface area contributed by atoms with Gasteiger partial charge >= 0.3 is 5.97 Å². The van der Waals surface area contributed by atoms with Gasteiger partial charge in [-0.3, -0.25) is 4.79 Å². The fourth-order valence-electron chi connectivity index (χ4n) is 2.22. The van der Waals surface area contributed by atoms with Crippen molar-refractivity contribution < 1.29 is 9.53 Å². The highest BCUT2D eigenvalue weighted by Gasteiger charge is 2.04. The Balaban J connectivity index is 1.93. The Hall–Kier alpha value is -2.55. The van der Waals surface area contributed by atoms with E-state index in [9.17, 15) is 4.79 Å². The molecule has 0 unspecified atom stereocenters. The number of nitrogens with one attached hydrogen (secondary N) is 1. The van der Waals surface area contributed by atoms with Gasteiger partial charge in [0.2, 0.25) is 0 Å². The molecule has 0 saturated carbocycles. The zero-order valence-electron chi connectivity index (χ0n) is 11.2. The van der Waals surface area contributed by atoms with E-state index in [0.717, 1.165) is 27.7 Å². The number of fused-ring (bicyclic) bond motifs is 1. The van der Waals surface area contributed by atoms with E-state index in [4.69, 9.17) is 4.74 Å². The summed E-state index contributed by atoms with van der Waals surface area (Å²) in [6, 6.07) is 18.4. The average molecular weight is 265 g/mol. The van der Waals surface area contributed by atoms with Gasteiger partial charge in [-0.2, -0.15) is 0 Å². The monoisotopic (exact) mass is 265 g/mol. The summed E-state index contributed by atoms with van der Waals surface area (Å²) in [5.74, 6) is -0.262. The summed E-state index contributed by atoms with van der Waals surface area (Å²) < 4.78 is 5.02. The van der Waals surface area contributed by atoms with E-state index in [1.807, 2.05) is 36.4 Å². The molecule has 1 aromatic heterocycles. The smallest absolute Gasteiger partial charge is 0.302 e. The van der Waals surface area contributed by atoms with Crippen LogP contribution < -0.4 is 0 Å². The van der Waals surface area contributed by atoms with E-state index in [0.29, 0.717) is 6.61 Å². The SMILES string of the molecule is CC(=O)OCc1ccc2cc(-c3ccccc3)[nH]c2c1. The number of carbonyl (C=O) groups excluding carboxylic acids is 1. The molecule has 3 heteroatoms. The van der Waals surface area contributed by atoms with Crippen molar-refractivity contribution in [2.75, 3.05) is 0 Å². The molecule has 0 bridgehead atoms. The predicted molar refractivity (Wildman–Crippen MR) is 79.2 cm³/mol. The zero-order valence-corrected chi connectivity index (χ0v) is 11.2. The van der Waals surface area contributed by atoms with Gasteiger partial charge in [-0.05, 0) is 23.3 Å². The third kappa shape index (κ3) is 2.57. The van der Waals surface area contributed by atoms with E-state index in [1.165, 1.54) is 6.92 Å². The van der Waals surface area contributed by atoms with Crippen LogP contribution >= 0.6 is 0 Å². The molecule has 0 atom stereocenters. The molecule has 1 N–H and O–H groups in total. The van der Waals surface area contributed by atoms with Crippen molar-refractivity contribution in [2.45, 2.75) is 13.5 Å². The van der Waals surface area contributed by atoms with E-state index in [1.54, 1.807) is 0 Å². The lowest BCUT2D eigenvalue weighted by molar-refractivity contribution is -0.142. The summed E-state index contributed by atoms with van der Waals surface area (Å²) in [7, 11) is 0. The van der Waals surface area contributed by atoms with Crippen molar-refractivity contribution in [3.8, 4) is 11.3 Å². The molecular weight excluding hydrogens is 250 g/mol. The van der Waals surface area contributed by atoms with Crippen LogP contribution in [0.1, 0.15) is 12.5 Å². The van der Waals surface area contributed by atoms with Crippen LogP contribution in [0.4, 0.5) is 0 Å². The highest BCUT2D eigenvalue weighted by molar-refractivity contribution is 5.86. The summed E-state index contributed by atoms with van der Waals surface area (Å²) in [4.78, 5) is 14.2. The molecule has 0 aliphatic rings. The zero-order chi connectivity index (χ0) is 13.9. The van der Waals surface area contributed by atoms with Crippen molar-refractivity contribution >= 4 is 16.9 Å². The molecular formula is C17H15NO2. The molecule has 0 saturated heterocycles. The summed E-state index contributed by atoms with van der Waals surface area (Å²) in [5, 5.41) is 1.15. The molecule has 3 nitrogen and oxygen atoms in total. The minimum atomic E-state index is -0.262. The van der Waals surface area contributed by atoms with Gasteiger partial charge < -0.3 is 9.72 Å². The summed E-state index contributed by atoms with van der Waals surface area (Å²) in [5.41, 5.74) is 4.28. The molecule has 0 amide bonds. The van der Waals surface area contributed by atoms with Crippen molar-refractivity contribution in [1.82, 2.24) is 4.98 Å². The van der Waals surface area contributed by atoms with Gasteiger partial charge in [0.25, 0.3) is 0 Å². The van der Waals surface area contributed by atoms with Crippen molar-refractivity contribution in [3.63, 3.8) is 0 Å². The number of hydrogen-bond donors (Lipinski definition) is 1. The second-order valence-electron chi connectivity index (χ2n) is 4.75. The summed E-state index contributed by atoms with van der Waals surface area (Å²) in [6.45, 7) is 1.73. The lowest BCUT2D eigenvalue weighted by Gasteiger charge is -2.01. The molecule has 1 heterocycles. The first-order valence-electron chi connectivity index (χ1n) is 6.53. The van der Waals surface area contributed by atoms with E-state index < -0.39 is 0 Å². The number of rotatable bonds is 3. The first-order valence-corrected chi connectivity index (χ1v) is 6.53. The van der Waals surface area contributed by atoms with Crippen molar-refractivity contribution in [1.29, 1.82) is 0 Å². The van der Waals surface area contributed by atoms with Crippen LogP contribution in [0.15, 0.2) is 54.6 Å². The Morgan fingerprint density at radius 1 is 1.10 bits per heavy atom. The maximum Gasteiger partial charge on any atom is 0.302 e. The Morgan fingerprint density at radius 3 is 2.65 bits per heavy atom. The Morgan fingerprint density at radius 2 is 1.90 bits per heavy atom. The van der Waals surface area contributed by atoms with Gasteiger partial charge in [-0.1, -0.05) is 42.5 Å². The van der Waals surface area contributed by atoms with Crippen LogP contribution in [0.5, 0.6) is 0 Å². The summed E-state index contributed by atoms with van der Waals surface area (Å²) >= 11 is 0. The molecule has 100 valence electrons. The molecule has 3 aromatic rings. The van der Waals surface area contributed by atoms with Gasteiger partial charge in [-0.25, -0.2) is 0 Å². The molecule has 0 aliphatic carbocycles. The van der Waals surface area contributed by atoms with Crippen LogP contribution in [0.3, 0.4) is 0 Å². The Labute approximate surface area is 117 Å². The second-order valence-corrected chi connectivity index (χ2v) is 4.75. The standard InChI is InChI=1S/C17H15NO2/c1-12(19)20-11-13-7-8-15-10-17(18-16(15)9-13)14-5-3-2-4-6-14/h2-10,18H,11H2,1H3. The Kier molecular flexibility index (Phi) is 3.25. The van der Waals surface area contributed by atoms with Gasteiger partial charge in [0, 0.05) is 23.5 Å². The minimum Gasteiger partial charge on any atom is -0.461 e. The number of H-pyrrole nitrogens is 1. The fraction of sp³-hybridized carbons (Fsp3) is 0.118. The number of ether oxygens (including phenoxy) is 1. The highest BCUT2D eigenvalue weighted by Crippen LogP contribution is 2.24. The second kappa shape index (κ2) is 5.21. The van der Waals surface area contributed by atoms with Crippen molar-refractivity contribution in [3.05, 3.63) is 60.2 Å². The number of aromatic amines is 1. The van der Waals surface area contributed by atoms with Crippen LogP contribution in [-0.2, 0) is 16.1 Å². The number of esters is 1. The third-order valence-corrected chi connectivity index (χ3v) is 3.21. The lowest BCUT2D eigenvalue weighted by atomic mass is 10.1. The van der Waals surface area contributed by atoms with Crippen LogP contribution in [-0.4, -0.2) is 11.0 Å². The third-order valence-electron chi connectivity index (χ3n) is 3.21. The fourth-order valence-corrected chi connectivity index (χ4v) is 2.22. The molecule has 0 aliphatic heterocycles. The lowest BCUT2D eigenvalue weighted by Crippen LogP contribution is -1.98. The highest BCUT2D eigenvalue weighted by atomic mass is 16.5. The van der Waals surface area contributed by atoms with Crippen LogP contribution in [0, 0.1) is 0 Å². The predicted octanol–water partition coefficient (Wildman–Crippen LogP) is 3.90. The summed E-state index contributed by atoms with van der Waals surface area (Å²) in [6.07, 6.45) is 0. The van der Waals surface area contributed by atoms with Crippen molar-refractivity contribution in [2.24, 2.45) is 0 Å². The molecule has 0 fully saturated rings. The molecule has 20 heavy (non-hydrogen) atoms. The number of aromatic nitrogens is 1. The molecule has 0 spiro atoms. The number of hydrogen-bond acceptors (Lipinski definition) is 2. The largest absolute Gasteiger partial charge is 0.461 e. The normalized spacial score (nSPS) is 10.7. The van der Waals surface area contributed by atoms with Gasteiger partial charge in [0.1, 0.15) is 6.61 Å². The average Bonchev–Trinajstić information content (AvgIpc) is 2.89. The van der Waals surface area contributed by atoms with E-state index in [2.05, 4.69) is 23.2 Å². The maximum atomic E-state index is 10.8. The van der Waals surface area contributed by atoms with Gasteiger partial charge in [-0.15, -0.1) is 0 Å². The van der Waals surface area contributed by atoms with E-state index >= 15 is 0 Å². The van der Waals surface area contributed by atoms with Gasteiger partial charge in [0.15, 0.2) is 0 Å². The topological polar surface area (TPSA) is 42.1 Å². The van der Waals surface area contributed by atoms with E-state index in [-0.39, 0.29) is 5.97 Å². The molecule has 2 aromatic carbocycles. The molecule has 0 radical (unpaired) electrons. The van der Waals surface area contributed by atoms with Crippen LogP contribution in [0.2, 0.25) is 0 Å². The maximum absolute atomic E-state index is 10.8. The number of carbonyl (C=O) groups is 1. The quantitative estimate of drug-likeness (QED) is 0.730.